The number of aromatic nitrogens is 1. The fraction of sp³-hybridized carbons (Fsp3) is 0.455. The van der Waals surface area contributed by atoms with Crippen LogP contribution in [0.3, 0.4) is 0 Å². The Bertz CT molecular complexity index is 1510. The van der Waals surface area contributed by atoms with Crippen LogP contribution in [0.5, 0.6) is 0 Å². The third kappa shape index (κ3) is 8.20. The summed E-state index contributed by atoms with van der Waals surface area (Å²) in [7, 11) is 6.52. The summed E-state index contributed by atoms with van der Waals surface area (Å²) in [6.07, 6.45) is -0.603. The Hall–Kier alpha value is -4.94. The van der Waals surface area contributed by atoms with Gasteiger partial charge in [-0.15, -0.1) is 0 Å². The molecule has 2 heterocycles. The second-order valence-corrected chi connectivity index (χ2v) is 10.9. The van der Waals surface area contributed by atoms with E-state index in [1.54, 1.807) is 26.1 Å². The Morgan fingerprint density at radius 1 is 0.783 bits per heavy atom. The van der Waals surface area contributed by atoms with Crippen molar-refractivity contribution in [2.45, 2.75) is 64.0 Å². The molecule has 1 N–H and O–H groups in total. The average molecular weight is 641 g/mol. The number of hydrogen-bond donors (Lipinski definition) is 1. The van der Waals surface area contributed by atoms with Gasteiger partial charge in [0.1, 0.15) is 12.3 Å². The summed E-state index contributed by atoms with van der Waals surface area (Å²) in [6.45, 7) is 1.72. The minimum absolute atomic E-state index is 0.0206. The van der Waals surface area contributed by atoms with E-state index < -0.39 is 35.4 Å². The third-order valence-corrected chi connectivity index (χ3v) is 8.27. The SMILES string of the molecule is COC(=O)CCC1=C(CC(=O)OC)C(C)(Cc2[nH]c(C(=O)OCc3ccccc3)c(CCC(=O)OC)c2CC(=O)OC)N(C)C1=O. The first-order chi connectivity index (χ1) is 21.9. The Kier molecular flexibility index (Phi) is 12.3. The van der Waals surface area contributed by atoms with Crippen LogP contribution >= 0.6 is 0 Å². The van der Waals surface area contributed by atoms with Gasteiger partial charge in [-0.05, 0) is 42.0 Å². The fourth-order valence-corrected chi connectivity index (χ4v) is 5.54. The zero-order valence-corrected chi connectivity index (χ0v) is 27.0. The Morgan fingerprint density at radius 2 is 1.35 bits per heavy atom. The predicted octanol–water partition coefficient (Wildman–Crippen LogP) is 2.78. The first kappa shape index (κ1) is 35.5. The van der Waals surface area contributed by atoms with Crippen LogP contribution in [-0.4, -0.2) is 86.7 Å². The Labute approximate surface area is 267 Å². The largest absolute Gasteiger partial charge is 0.469 e. The predicted molar refractivity (Wildman–Crippen MR) is 162 cm³/mol. The number of rotatable bonds is 15. The van der Waals surface area contributed by atoms with Gasteiger partial charge in [0.2, 0.25) is 5.91 Å². The van der Waals surface area contributed by atoms with Crippen LogP contribution in [0.15, 0.2) is 41.5 Å². The summed E-state index contributed by atoms with van der Waals surface area (Å²) in [4.78, 5) is 81.0. The quantitative estimate of drug-likeness (QED) is 0.225. The summed E-state index contributed by atoms with van der Waals surface area (Å²) in [5.41, 5.74) is 1.49. The second kappa shape index (κ2) is 15.9. The number of benzene rings is 1. The van der Waals surface area contributed by atoms with E-state index >= 15 is 0 Å². The molecule has 2 aromatic rings. The molecule has 1 aliphatic heterocycles. The lowest BCUT2D eigenvalue weighted by atomic mass is 9.82. The van der Waals surface area contributed by atoms with Crippen LogP contribution in [0.1, 0.15) is 65.5 Å². The van der Waals surface area contributed by atoms with Crippen LogP contribution < -0.4 is 0 Å². The lowest BCUT2D eigenvalue weighted by molar-refractivity contribution is -0.141. The zero-order chi connectivity index (χ0) is 34.0. The maximum absolute atomic E-state index is 13.6. The molecule has 0 radical (unpaired) electrons. The number of amides is 1. The molecular formula is C33H40N2O11. The van der Waals surface area contributed by atoms with E-state index in [-0.39, 0.29) is 68.7 Å². The topological polar surface area (TPSA) is 168 Å². The number of carbonyl (C=O) groups is 6. The number of ether oxygens (including phenoxy) is 5. The summed E-state index contributed by atoms with van der Waals surface area (Å²) in [5, 5.41) is 0. The van der Waals surface area contributed by atoms with Crippen molar-refractivity contribution >= 4 is 35.8 Å². The van der Waals surface area contributed by atoms with Crippen molar-refractivity contribution in [3.8, 4) is 0 Å². The minimum atomic E-state index is -1.16. The molecule has 1 unspecified atom stereocenters. The van der Waals surface area contributed by atoms with Crippen LogP contribution in [-0.2, 0) is 73.5 Å². The van der Waals surface area contributed by atoms with Crippen LogP contribution in [0.4, 0.5) is 0 Å². The minimum Gasteiger partial charge on any atom is -0.469 e. The van der Waals surface area contributed by atoms with Crippen molar-refractivity contribution in [2.24, 2.45) is 0 Å². The van der Waals surface area contributed by atoms with Gasteiger partial charge >= 0.3 is 29.8 Å². The van der Waals surface area contributed by atoms with Crippen molar-refractivity contribution < 1.29 is 52.5 Å². The maximum atomic E-state index is 13.6. The molecule has 1 aliphatic rings. The number of likely N-dealkylation sites (N-methyl/N-ethyl adjacent to an activating group) is 1. The normalized spacial score (nSPS) is 15.9. The monoisotopic (exact) mass is 640 g/mol. The first-order valence-electron chi connectivity index (χ1n) is 14.6. The van der Waals surface area contributed by atoms with Gasteiger partial charge in [0.15, 0.2) is 0 Å². The number of hydrogen-bond acceptors (Lipinski definition) is 11. The molecule has 0 aliphatic carbocycles. The van der Waals surface area contributed by atoms with Gasteiger partial charge in [0, 0.05) is 37.6 Å². The zero-order valence-electron chi connectivity index (χ0n) is 27.0. The molecule has 1 aromatic carbocycles. The van der Waals surface area contributed by atoms with Crippen molar-refractivity contribution in [3.05, 3.63) is 69.6 Å². The number of nitrogens with zero attached hydrogens (tertiary/aromatic N) is 1. The molecule has 0 fully saturated rings. The van der Waals surface area contributed by atoms with E-state index in [1.807, 2.05) is 18.2 Å². The van der Waals surface area contributed by atoms with E-state index in [9.17, 15) is 28.8 Å². The van der Waals surface area contributed by atoms with Gasteiger partial charge in [0.05, 0.1) is 46.8 Å². The standard InChI is InChI=1S/C33H40N2O11/c1-33(24(17-29(39)45-6)22(31(40)35(33)2)13-15-27(37)43-4)18-25-23(16-28(38)44-5)21(12-14-26(36)42-3)30(34-25)32(41)46-19-20-10-8-7-9-11-20/h7-11,34H,12-19H2,1-6H3. The van der Waals surface area contributed by atoms with Gasteiger partial charge in [-0.2, -0.15) is 0 Å². The molecular weight excluding hydrogens is 600 g/mol. The summed E-state index contributed by atoms with van der Waals surface area (Å²) in [6, 6.07) is 9.06. The van der Waals surface area contributed by atoms with E-state index in [4.69, 9.17) is 23.7 Å². The second-order valence-electron chi connectivity index (χ2n) is 10.9. The van der Waals surface area contributed by atoms with Gasteiger partial charge in [-0.25, -0.2) is 4.79 Å². The molecule has 0 bridgehead atoms. The number of H-pyrrole nitrogens is 1. The number of aromatic amines is 1. The third-order valence-electron chi connectivity index (χ3n) is 8.27. The fourth-order valence-electron chi connectivity index (χ4n) is 5.54. The highest BCUT2D eigenvalue weighted by Crippen LogP contribution is 2.42. The Morgan fingerprint density at radius 3 is 1.93 bits per heavy atom. The molecule has 1 aromatic heterocycles. The number of carbonyl (C=O) groups excluding carboxylic acids is 6. The van der Waals surface area contributed by atoms with E-state index in [0.717, 1.165) is 5.56 Å². The van der Waals surface area contributed by atoms with E-state index in [1.165, 1.54) is 33.3 Å². The van der Waals surface area contributed by atoms with Crippen molar-refractivity contribution in [3.63, 3.8) is 0 Å². The summed E-state index contributed by atoms with van der Waals surface area (Å²) < 4.78 is 25.1. The van der Waals surface area contributed by atoms with Crippen molar-refractivity contribution in [1.82, 2.24) is 9.88 Å². The van der Waals surface area contributed by atoms with Crippen LogP contribution in [0.25, 0.3) is 0 Å². The van der Waals surface area contributed by atoms with E-state index in [2.05, 4.69) is 4.98 Å². The smallest absolute Gasteiger partial charge is 0.355 e. The highest BCUT2D eigenvalue weighted by atomic mass is 16.5. The van der Waals surface area contributed by atoms with Crippen molar-refractivity contribution in [2.75, 3.05) is 35.5 Å². The van der Waals surface area contributed by atoms with Gasteiger partial charge in [0.25, 0.3) is 0 Å². The summed E-state index contributed by atoms with van der Waals surface area (Å²) in [5.74, 6) is -3.35. The molecule has 0 saturated heterocycles. The summed E-state index contributed by atoms with van der Waals surface area (Å²) >= 11 is 0. The lowest BCUT2D eigenvalue weighted by Gasteiger charge is -2.35. The maximum Gasteiger partial charge on any atom is 0.355 e. The van der Waals surface area contributed by atoms with Gasteiger partial charge in [-0.3, -0.25) is 24.0 Å². The molecule has 13 heteroatoms. The van der Waals surface area contributed by atoms with Crippen LogP contribution in [0.2, 0.25) is 0 Å². The number of nitrogens with one attached hydrogen (secondary N) is 1. The number of esters is 5. The highest BCUT2D eigenvalue weighted by molar-refractivity contribution is 6.00. The number of methoxy groups -OCH3 is 4. The van der Waals surface area contributed by atoms with Gasteiger partial charge < -0.3 is 33.6 Å². The molecule has 13 nitrogen and oxygen atoms in total. The molecule has 3 rings (SSSR count). The Balaban J connectivity index is 2.15. The molecule has 0 saturated carbocycles. The average Bonchev–Trinajstić information content (AvgIpc) is 3.47. The molecule has 248 valence electrons. The van der Waals surface area contributed by atoms with Gasteiger partial charge in [-0.1, -0.05) is 30.3 Å². The molecule has 46 heavy (non-hydrogen) atoms. The molecule has 1 amide bonds. The molecule has 1 atom stereocenters. The van der Waals surface area contributed by atoms with Crippen LogP contribution in [0, 0.1) is 0 Å². The first-order valence-corrected chi connectivity index (χ1v) is 14.6. The lowest BCUT2D eigenvalue weighted by Crippen LogP contribution is -2.45. The highest BCUT2D eigenvalue weighted by Gasteiger charge is 2.47. The van der Waals surface area contributed by atoms with E-state index in [0.29, 0.717) is 22.4 Å². The molecule has 0 spiro atoms. The van der Waals surface area contributed by atoms with Crippen molar-refractivity contribution in [1.29, 1.82) is 0 Å².